The van der Waals surface area contributed by atoms with E-state index in [4.69, 9.17) is 0 Å². The van der Waals surface area contributed by atoms with Crippen LogP contribution in [0.1, 0.15) is 142 Å². The zero-order valence-corrected chi connectivity index (χ0v) is 20.5. The van der Waals surface area contributed by atoms with E-state index in [1.165, 1.54) is 128 Å². The van der Waals surface area contributed by atoms with Crippen molar-refractivity contribution in [2.24, 2.45) is 35.0 Å². The van der Waals surface area contributed by atoms with Crippen LogP contribution < -0.4 is 0 Å². The van der Waals surface area contributed by atoms with Gasteiger partial charge in [-0.15, -0.1) is 0 Å². The number of nitriles is 1. The van der Waals surface area contributed by atoms with Crippen molar-refractivity contribution in [2.75, 3.05) is 0 Å². The molecule has 0 aromatic heterocycles. The van der Waals surface area contributed by atoms with Gasteiger partial charge in [-0.2, -0.15) is 5.26 Å². The molecule has 0 amide bonds. The van der Waals surface area contributed by atoms with Crippen molar-refractivity contribution in [1.82, 2.24) is 0 Å². The van der Waals surface area contributed by atoms with Gasteiger partial charge in [0.2, 0.25) is 0 Å². The van der Waals surface area contributed by atoms with Crippen LogP contribution in [-0.2, 0) is 0 Å². The number of hydrogen-bond donors (Lipinski definition) is 0. The summed E-state index contributed by atoms with van der Waals surface area (Å²) in [5, 5.41) is 10.2. The highest BCUT2D eigenvalue weighted by Crippen LogP contribution is 2.52. The molecule has 0 heterocycles. The standard InChI is InChI=1S/C29H51N/c1-3-5-7-9-24-11-15-26(16-12-24)27-19-21-29(23-30,22-20-27)28-17-13-25(14-18-28)10-8-6-4-2/h24-28H,3-22H2,1-2H3/t24?,25?,26?,27-,28?,29+. The molecular weight excluding hydrogens is 362 g/mol. The molecule has 1 nitrogen and oxygen atoms in total. The van der Waals surface area contributed by atoms with Gasteiger partial charge in [0, 0.05) is 0 Å². The summed E-state index contributed by atoms with van der Waals surface area (Å²) < 4.78 is 0. The van der Waals surface area contributed by atoms with Gasteiger partial charge in [-0.25, -0.2) is 0 Å². The molecule has 30 heavy (non-hydrogen) atoms. The smallest absolute Gasteiger partial charge is 0.0692 e. The fourth-order valence-corrected chi connectivity index (χ4v) is 7.56. The van der Waals surface area contributed by atoms with Gasteiger partial charge in [-0.3, -0.25) is 0 Å². The quantitative estimate of drug-likeness (QED) is 0.327. The lowest BCUT2D eigenvalue weighted by Gasteiger charge is -2.46. The molecule has 0 N–H and O–H groups in total. The first-order chi connectivity index (χ1) is 14.7. The molecule has 1 heteroatoms. The predicted octanol–water partition coefficient (Wildman–Crippen LogP) is 9.46. The molecule has 0 aliphatic heterocycles. The second kappa shape index (κ2) is 12.5. The van der Waals surface area contributed by atoms with Gasteiger partial charge >= 0.3 is 0 Å². The van der Waals surface area contributed by atoms with Crippen molar-refractivity contribution in [3.63, 3.8) is 0 Å². The molecular formula is C29H51N. The Hall–Kier alpha value is -0.510. The molecule has 3 fully saturated rings. The van der Waals surface area contributed by atoms with E-state index in [9.17, 15) is 5.26 Å². The third kappa shape index (κ3) is 6.50. The van der Waals surface area contributed by atoms with E-state index < -0.39 is 0 Å². The maximum absolute atomic E-state index is 10.2. The molecule has 0 aromatic rings. The summed E-state index contributed by atoms with van der Waals surface area (Å²) in [5.41, 5.74) is 0.0439. The third-order valence-electron chi connectivity index (χ3n) is 9.76. The molecule has 3 saturated carbocycles. The number of hydrogen-bond acceptors (Lipinski definition) is 1. The second-order valence-corrected chi connectivity index (χ2v) is 11.6. The Morgan fingerprint density at radius 1 is 0.633 bits per heavy atom. The summed E-state index contributed by atoms with van der Waals surface area (Å²) in [4.78, 5) is 0. The van der Waals surface area contributed by atoms with Crippen molar-refractivity contribution in [3.05, 3.63) is 0 Å². The van der Waals surface area contributed by atoms with E-state index in [-0.39, 0.29) is 5.41 Å². The van der Waals surface area contributed by atoms with E-state index in [2.05, 4.69) is 19.9 Å². The summed E-state index contributed by atoms with van der Waals surface area (Å²) >= 11 is 0. The van der Waals surface area contributed by atoms with Crippen molar-refractivity contribution in [3.8, 4) is 6.07 Å². The lowest BCUT2D eigenvalue weighted by molar-refractivity contribution is 0.0601. The minimum Gasteiger partial charge on any atom is -0.198 e. The van der Waals surface area contributed by atoms with Crippen LogP contribution in [0.5, 0.6) is 0 Å². The molecule has 0 spiro atoms. The van der Waals surface area contributed by atoms with Crippen LogP contribution in [0, 0.1) is 46.3 Å². The minimum atomic E-state index is 0.0439. The van der Waals surface area contributed by atoms with E-state index in [0.717, 1.165) is 23.7 Å². The number of rotatable bonds is 10. The van der Waals surface area contributed by atoms with E-state index in [0.29, 0.717) is 5.92 Å². The molecule has 0 aromatic carbocycles. The first kappa shape index (κ1) is 24.1. The van der Waals surface area contributed by atoms with Crippen LogP contribution in [0.25, 0.3) is 0 Å². The zero-order chi connectivity index (χ0) is 21.2. The molecule has 172 valence electrons. The van der Waals surface area contributed by atoms with Crippen molar-refractivity contribution in [1.29, 1.82) is 5.26 Å². The predicted molar refractivity (Wildman–Crippen MR) is 129 cm³/mol. The Bertz CT molecular complexity index is 493. The SMILES string of the molecule is CCCCCC1CCC([C@H]2CC[C@@](C#N)(C3CCC(CCCCC)CC3)CC2)CC1. The number of unbranched alkanes of at least 4 members (excludes halogenated alkanes) is 4. The lowest BCUT2D eigenvalue weighted by Crippen LogP contribution is -2.38. The van der Waals surface area contributed by atoms with Gasteiger partial charge in [-0.05, 0) is 81.0 Å². The minimum absolute atomic E-state index is 0.0439. The Kier molecular flexibility index (Phi) is 10.1. The molecule has 0 bridgehead atoms. The summed E-state index contributed by atoms with van der Waals surface area (Å²) in [6, 6.07) is 2.91. The van der Waals surface area contributed by atoms with Crippen LogP contribution in [0.2, 0.25) is 0 Å². The molecule has 3 aliphatic rings. The van der Waals surface area contributed by atoms with Crippen LogP contribution >= 0.6 is 0 Å². The Balaban J connectivity index is 1.40. The van der Waals surface area contributed by atoms with E-state index >= 15 is 0 Å². The normalized spacial score (nSPS) is 37.6. The Morgan fingerprint density at radius 3 is 1.57 bits per heavy atom. The van der Waals surface area contributed by atoms with Gasteiger partial charge in [0.25, 0.3) is 0 Å². The van der Waals surface area contributed by atoms with Gasteiger partial charge in [0.05, 0.1) is 11.5 Å². The summed E-state index contributed by atoms with van der Waals surface area (Å²) in [5.74, 6) is 4.63. The van der Waals surface area contributed by atoms with Crippen LogP contribution in [-0.4, -0.2) is 0 Å². The average molecular weight is 414 g/mol. The maximum Gasteiger partial charge on any atom is 0.0692 e. The highest BCUT2D eigenvalue weighted by molar-refractivity contribution is 5.06. The molecule has 0 saturated heterocycles. The Labute approximate surface area is 188 Å². The molecule has 3 aliphatic carbocycles. The van der Waals surface area contributed by atoms with E-state index in [1.807, 2.05) is 0 Å². The summed E-state index contributed by atoms with van der Waals surface area (Å²) in [6.07, 6.45) is 28.0. The van der Waals surface area contributed by atoms with Gasteiger partial charge in [0.1, 0.15) is 0 Å². The fraction of sp³-hybridized carbons (Fsp3) is 0.966. The third-order valence-corrected chi connectivity index (χ3v) is 9.76. The second-order valence-electron chi connectivity index (χ2n) is 11.6. The zero-order valence-electron chi connectivity index (χ0n) is 20.5. The summed E-state index contributed by atoms with van der Waals surface area (Å²) in [7, 11) is 0. The van der Waals surface area contributed by atoms with Gasteiger partial charge in [0.15, 0.2) is 0 Å². The molecule has 3 rings (SSSR count). The summed E-state index contributed by atoms with van der Waals surface area (Å²) in [6.45, 7) is 4.63. The van der Waals surface area contributed by atoms with Crippen LogP contribution in [0.15, 0.2) is 0 Å². The van der Waals surface area contributed by atoms with Gasteiger partial charge < -0.3 is 0 Å². The van der Waals surface area contributed by atoms with Crippen molar-refractivity contribution < 1.29 is 0 Å². The largest absolute Gasteiger partial charge is 0.198 e. The molecule has 0 unspecified atom stereocenters. The maximum atomic E-state index is 10.2. The average Bonchev–Trinajstić information content (AvgIpc) is 2.80. The molecule has 0 radical (unpaired) electrons. The van der Waals surface area contributed by atoms with Gasteiger partial charge in [-0.1, -0.05) is 90.9 Å². The lowest BCUT2D eigenvalue weighted by atomic mass is 9.57. The highest BCUT2D eigenvalue weighted by Gasteiger charge is 2.44. The molecule has 0 atom stereocenters. The highest BCUT2D eigenvalue weighted by atomic mass is 14.5. The van der Waals surface area contributed by atoms with Crippen LogP contribution in [0.4, 0.5) is 0 Å². The van der Waals surface area contributed by atoms with E-state index in [1.54, 1.807) is 0 Å². The first-order valence-corrected chi connectivity index (χ1v) is 14.1. The van der Waals surface area contributed by atoms with Crippen LogP contribution in [0.3, 0.4) is 0 Å². The fourth-order valence-electron chi connectivity index (χ4n) is 7.56. The van der Waals surface area contributed by atoms with Crippen molar-refractivity contribution >= 4 is 0 Å². The monoisotopic (exact) mass is 413 g/mol. The topological polar surface area (TPSA) is 23.8 Å². The van der Waals surface area contributed by atoms with Crippen molar-refractivity contribution in [2.45, 2.75) is 142 Å². The number of nitrogens with zero attached hydrogens (tertiary/aromatic N) is 1. The Morgan fingerprint density at radius 2 is 1.10 bits per heavy atom. The first-order valence-electron chi connectivity index (χ1n) is 14.1.